The lowest BCUT2D eigenvalue weighted by molar-refractivity contribution is -0.214. The van der Waals surface area contributed by atoms with Crippen molar-refractivity contribution in [1.82, 2.24) is 10.3 Å². The molecule has 25 heavy (non-hydrogen) atoms. The average molecular weight is 364 g/mol. The van der Waals surface area contributed by atoms with E-state index in [1.54, 1.807) is 12.3 Å². The minimum Gasteiger partial charge on any atom is -0.388 e. The molecule has 2 aromatic rings. The SMILES string of the molecule is CC1O[C@H](CNC(=O)c2csc(-c3ccccc3)n2)C(O)C(O)[C@@H]1O. The Kier molecular flexibility index (Phi) is 5.45. The van der Waals surface area contributed by atoms with E-state index in [-0.39, 0.29) is 18.1 Å². The predicted octanol–water partition coefficient (Wildman–Crippen LogP) is 0.410. The van der Waals surface area contributed by atoms with Crippen molar-refractivity contribution in [3.63, 3.8) is 0 Å². The van der Waals surface area contributed by atoms with E-state index in [0.717, 1.165) is 10.6 Å². The molecule has 0 bridgehead atoms. The molecule has 3 rings (SSSR count). The van der Waals surface area contributed by atoms with E-state index < -0.39 is 30.5 Å². The van der Waals surface area contributed by atoms with E-state index in [2.05, 4.69) is 10.3 Å². The largest absolute Gasteiger partial charge is 0.388 e. The molecule has 134 valence electrons. The van der Waals surface area contributed by atoms with Crippen LogP contribution in [-0.2, 0) is 4.74 Å². The molecule has 3 unspecified atom stereocenters. The van der Waals surface area contributed by atoms with Crippen LogP contribution in [-0.4, -0.2) is 63.3 Å². The Morgan fingerprint density at radius 1 is 1.20 bits per heavy atom. The standard InChI is InChI=1S/C17H20N2O5S/c1-9-13(20)15(22)14(21)12(24-9)7-18-16(23)11-8-25-17(19-11)10-5-3-2-4-6-10/h2-6,8-9,12-15,20-22H,7H2,1H3,(H,18,23)/t9?,12-,13-,14?,15?/m1/s1. The summed E-state index contributed by atoms with van der Waals surface area (Å²) in [6.07, 6.45) is -5.18. The van der Waals surface area contributed by atoms with Gasteiger partial charge in [0.25, 0.3) is 5.91 Å². The van der Waals surface area contributed by atoms with E-state index in [1.807, 2.05) is 30.3 Å². The lowest BCUT2D eigenvalue weighted by Crippen LogP contribution is -2.59. The topological polar surface area (TPSA) is 112 Å². The maximum absolute atomic E-state index is 12.3. The van der Waals surface area contributed by atoms with Crippen LogP contribution < -0.4 is 5.32 Å². The Morgan fingerprint density at radius 2 is 1.92 bits per heavy atom. The van der Waals surface area contributed by atoms with Crippen molar-refractivity contribution in [2.75, 3.05) is 6.54 Å². The van der Waals surface area contributed by atoms with E-state index in [0.29, 0.717) is 0 Å². The lowest BCUT2D eigenvalue weighted by Gasteiger charge is -2.39. The third kappa shape index (κ3) is 3.88. The number of aliphatic hydroxyl groups is 3. The number of carbonyl (C=O) groups excluding carboxylic acids is 1. The van der Waals surface area contributed by atoms with Crippen LogP contribution in [0, 0.1) is 0 Å². The van der Waals surface area contributed by atoms with Gasteiger partial charge in [0.1, 0.15) is 35.1 Å². The van der Waals surface area contributed by atoms with Gasteiger partial charge < -0.3 is 25.4 Å². The Hall–Kier alpha value is -1.84. The number of ether oxygens (including phenoxy) is 1. The molecule has 7 nitrogen and oxygen atoms in total. The molecule has 0 saturated carbocycles. The number of rotatable bonds is 4. The maximum atomic E-state index is 12.3. The zero-order valence-electron chi connectivity index (χ0n) is 13.6. The summed E-state index contributed by atoms with van der Waals surface area (Å²) in [5.41, 5.74) is 1.21. The predicted molar refractivity (Wildman–Crippen MR) is 92.2 cm³/mol. The van der Waals surface area contributed by atoms with Crippen LogP contribution in [0.4, 0.5) is 0 Å². The van der Waals surface area contributed by atoms with E-state index in [4.69, 9.17) is 4.74 Å². The van der Waals surface area contributed by atoms with Crippen molar-refractivity contribution in [3.8, 4) is 10.6 Å². The Balaban J connectivity index is 1.61. The quantitative estimate of drug-likeness (QED) is 0.625. The highest BCUT2D eigenvalue weighted by molar-refractivity contribution is 7.13. The highest BCUT2D eigenvalue weighted by Gasteiger charge is 2.41. The summed E-state index contributed by atoms with van der Waals surface area (Å²) < 4.78 is 5.45. The van der Waals surface area contributed by atoms with Crippen LogP contribution in [0.5, 0.6) is 0 Å². The van der Waals surface area contributed by atoms with E-state index in [1.165, 1.54) is 11.3 Å². The second kappa shape index (κ2) is 7.59. The number of aromatic nitrogens is 1. The summed E-state index contributed by atoms with van der Waals surface area (Å²) in [4.78, 5) is 16.6. The van der Waals surface area contributed by atoms with Gasteiger partial charge in [0.2, 0.25) is 0 Å². The van der Waals surface area contributed by atoms with Gasteiger partial charge in [0.05, 0.1) is 6.10 Å². The van der Waals surface area contributed by atoms with Gasteiger partial charge in [-0.3, -0.25) is 4.79 Å². The first-order chi connectivity index (χ1) is 12.0. The fourth-order valence-corrected chi connectivity index (χ4v) is 3.49. The number of hydrogen-bond acceptors (Lipinski definition) is 7. The molecule has 1 fully saturated rings. The summed E-state index contributed by atoms with van der Waals surface area (Å²) in [6, 6.07) is 9.55. The highest BCUT2D eigenvalue weighted by Crippen LogP contribution is 2.23. The third-order valence-electron chi connectivity index (χ3n) is 4.17. The van der Waals surface area contributed by atoms with Crippen LogP contribution in [0.1, 0.15) is 17.4 Å². The Bertz CT molecular complexity index is 723. The molecule has 4 N–H and O–H groups in total. The molecule has 1 aliphatic rings. The van der Waals surface area contributed by atoms with Crippen LogP contribution >= 0.6 is 11.3 Å². The summed E-state index contributed by atoms with van der Waals surface area (Å²) in [7, 11) is 0. The molecule has 1 saturated heterocycles. The lowest BCUT2D eigenvalue weighted by atomic mass is 9.95. The minimum absolute atomic E-state index is 0.00627. The molecule has 1 amide bonds. The van der Waals surface area contributed by atoms with Gasteiger partial charge in [-0.2, -0.15) is 0 Å². The smallest absolute Gasteiger partial charge is 0.270 e. The van der Waals surface area contributed by atoms with Gasteiger partial charge in [-0.05, 0) is 6.92 Å². The van der Waals surface area contributed by atoms with Gasteiger partial charge in [-0.1, -0.05) is 30.3 Å². The summed E-state index contributed by atoms with van der Waals surface area (Å²) in [6.45, 7) is 1.60. The normalized spacial score (nSPS) is 29.4. The van der Waals surface area contributed by atoms with Crippen molar-refractivity contribution < 1.29 is 24.9 Å². The maximum Gasteiger partial charge on any atom is 0.270 e. The molecular weight excluding hydrogens is 344 g/mol. The van der Waals surface area contributed by atoms with Crippen molar-refractivity contribution in [2.24, 2.45) is 0 Å². The molecule has 1 aliphatic heterocycles. The summed E-state index contributed by atoms with van der Waals surface area (Å²) >= 11 is 1.37. The van der Waals surface area contributed by atoms with Crippen molar-refractivity contribution >= 4 is 17.2 Å². The summed E-state index contributed by atoms with van der Waals surface area (Å²) in [5.74, 6) is -0.387. The number of aliphatic hydroxyl groups excluding tert-OH is 3. The highest BCUT2D eigenvalue weighted by atomic mass is 32.1. The van der Waals surface area contributed by atoms with Crippen molar-refractivity contribution in [1.29, 1.82) is 0 Å². The Morgan fingerprint density at radius 3 is 2.64 bits per heavy atom. The average Bonchev–Trinajstić information content (AvgIpc) is 3.12. The Labute approximate surface area is 148 Å². The van der Waals surface area contributed by atoms with Crippen LogP contribution in [0.15, 0.2) is 35.7 Å². The molecule has 0 radical (unpaired) electrons. The van der Waals surface area contributed by atoms with Gasteiger partial charge >= 0.3 is 0 Å². The second-order valence-corrected chi connectivity index (χ2v) is 6.82. The fourth-order valence-electron chi connectivity index (χ4n) is 2.68. The fraction of sp³-hybridized carbons (Fsp3) is 0.412. The number of nitrogens with one attached hydrogen (secondary N) is 1. The van der Waals surface area contributed by atoms with Gasteiger partial charge in [0, 0.05) is 17.5 Å². The zero-order chi connectivity index (χ0) is 18.0. The molecular formula is C17H20N2O5S. The monoisotopic (exact) mass is 364 g/mol. The molecule has 0 spiro atoms. The van der Waals surface area contributed by atoms with Gasteiger partial charge in [-0.25, -0.2) is 4.98 Å². The number of benzene rings is 1. The van der Waals surface area contributed by atoms with E-state index in [9.17, 15) is 20.1 Å². The first-order valence-electron chi connectivity index (χ1n) is 7.96. The molecule has 2 heterocycles. The van der Waals surface area contributed by atoms with Gasteiger partial charge in [0.15, 0.2) is 0 Å². The molecule has 1 aromatic carbocycles. The zero-order valence-corrected chi connectivity index (χ0v) is 14.4. The molecule has 0 aliphatic carbocycles. The number of amides is 1. The minimum atomic E-state index is -1.31. The first kappa shape index (κ1) is 18.0. The van der Waals surface area contributed by atoms with Crippen molar-refractivity contribution in [3.05, 3.63) is 41.4 Å². The molecule has 1 aromatic heterocycles. The van der Waals surface area contributed by atoms with Crippen molar-refractivity contribution in [2.45, 2.75) is 37.4 Å². The second-order valence-electron chi connectivity index (χ2n) is 5.97. The molecule has 5 atom stereocenters. The number of carbonyl (C=O) groups is 1. The van der Waals surface area contributed by atoms with Crippen LogP contribution in [0.25, 0.3) is 10.6 Å². The van der Waals surface area contributed by atoms with E-state index >= 15 is 0 Å². The summed E-state index contributed by atoms with van der Waals surface area (Å²) in [5, 5.41) is 34.5. The number of thiazole rings is 1. The van der Waals surface area contributed by atoms with Crippen LogP contribution in [0.3, 0.4) is 0 Å². The van der Waals surface area contributed by atoms with Gasteiger partial charge in [-0.15, -0.1) is 11.3 Å². The first-order valence-corrected chi connectivity index (χ1v) is 8.84. The number of nitrogens with zero attached hydrogens (tertiary/aromatic N) is 1. The third-order valence-corrected chi connectivity index (χ3v) is 5.06. The number of hydrogen-bond donors (Lipinski definition) is 4. The molecule has 8 heteroatoms. The van der Waals surface area contributed by atoms with Crippen LogP contribution in [0.2, 0.25) is 0 Å².